The Bertz CT molecular complexity index is 470. The SMILES string of the molecule is NC(CCO)c1cn2cc(Br)cnc2n1. The summed E-state index contributed by atoms with van der Waals surface area (Å²) in [6.45, 7) is 0.0617. The largest absolute Gasteiger partial charge is 0.396 e. The molecule has 3 N–H and O–H groups in total. The van der Waals surface area contributed by atoms with E-state index in [2.05, 4.69) is 25.9 Å². The van der Waals surface area contributed by atoms with Crippen molar-refractivity contribution in [3.05, 3.63) is 28.8 Å². The van der Waals surface area contributed by atoms with Crippen molar-refractivity contribution in [1.82, 2.24) is 14.4 Å². The molecule has 15 heavy (non-hydrogen) atoms. The Morgan fingerprint density at radius 1 is 1.53 bits per heavy atom. The molecule has 2 rings (SSSR count). The van der Waals surface area contributed by atoms with Crippen molar-refractivity contribution in [2.24, 2.45) is 5.73 Å². The van der Waals surface area contributed by atoms with E-state index in [1.165, 1.54) is 0 Å². The van der Waals surface area contributed by atoms with Crippen LogP contribution < -0.4 is 5.73 Å². The first-order valence-electron chi connectivity index (χ1n) is 4.57. The molecule has 1 unspecified atom stereocenters. The first-order chi connectivity index (χ1) is 7.20. The van der Waals surface area contributed by atoms with Crippen molar-refractivity contribution in [3.8, 4) is 0 Å². The number of aromatic nitrogens is 3. The molecular formula is C9H11BrN4O. The highest BCUT2D eigenvalue weighted by atomic mass is 79.9. The lowest BCUT2D eigenvalue weighted by molar-refractivity contribution is 0.276. The summed E-state index contributed by atoms with van der Waals surface area (Å²) in [6.07, 6.45) is 5.88. The second-order valence-corrected chi connectivity index (χ2v) is 4.18. The van der Waals surface area contributed by atoms with Gasteiger partial charge in [-0.05, 0) is 22.4 Å². The van der Waals surface area contributed by atoms with Gasteiger partial charge in [-0.1, -0.05) is 0 Å². The minimum atomic E-state index is -0.240. The monoisotopic (exact) mass is 270 g/mol. The molecule has 0 saturated heterocycles. The van der Waals surface area contributed by atoms with Gasteiger partial charge in [0.15, 0.2) is 0 Å². The van der Waals surface area contributed by atoms with Crippen LogP contribution in [0.3, 0.4) is 0 Å². The van der Waals surface area contributed by atoms with Crippen LogP contribution in [0.25, 0.3) is 5.78 Å². The van der Waals surface area contributed by atoms with Crippen LogP contribution in [-0.4, -0.2) is 26.1 Å². The summed E-state index contributed by atoms with van der Waals surface area (Å²) in [4.78, 5) is 8.40. The maximum absolute atomic E-state index is 8.78. The molecule has 0 bridgehead atoms. The molecule has 0 spiro atoms. The van der Waals surface area contributed by atoms with E-state index in [1.54, 1.807) is 10.6 Å². The van der Waals surface area contributed by atoms with Gasteiger partial charge in [0.05, 0.1) is 16.2 Å². The summed E-state index contributed by atoms with van der Waals surface area (Å²) < 4.78 is 2.69. The molecule has 0 amide bonds. The lowest BCUT2D eigenvalue weighted by atomic mass is 10.2. The molecule has 0 aromatic carbocycles. The number of rotatable bonds is 3. The van der Waals surface area contributed by atoms with E-state index in [0.29, 0.717) is 12.2 Å². The van der Waals surface area contributed by atoms with Crippen LogP contribution in [0.4, 0.5) is 0 Å². The van der Waals surface area contributed by atoms with Crippen LogP contribution in [0.1, 0.15) is 18.2 Å². The molecule has 0 aliphatic rings. The first kappa shape index (κ1) is 10.5. The highest BCUT2D eigenvalue weighted by Crippen LogP contribution is 2.15. The fourth-order valence-corrected chi connectivity index (χ4v) is 1.67. The maximum atomic E-state index is 8.78. The van der Waals surface area contributed by atoms with Gasteiger partial charge in [-0.15, -0.1) is 0 Å². The number of aliphatic hydroxyl groups is 1. The molecule has 0 aliphatic heterocycles. The Kier molecular flexibility index (Phi) is 2.99. The van der Waals surface area contributed by atoms with E-state index in [9.17, 15) is 0 Å². The molecule has 0 aliphatic carbocycles. The number of nitrogens with zero attached hydrogens (tertiary/aromatic N) is 3. The van der Waals surface area contributed by atoms with Crippen LogP contribution in [0.5, 0.6) is 0 Å². The highest BCUT2D eigenvalue weighted by molar-refractivity contribution is 9.10. The number of fused-ring (bicyclic) bond motifs is 1. The molecule has 2 aromatic rings. The third-order valence-electron chi connectivity index (χ3n) is 2.12. The fraction of sp³-hybridized carbons (Fsp3) is 0.333. The van der Waals surface area contributed by atoms with Crippen molar-refractivity contribution >= 4 is 21.7 Å². The van der Waals surface area contributed by atoms with Crippen LogP contribution in [0.2, 0.25) is 0 Å². The minimum Gasteiger partial charge on any atom is -0.396 e. The van der Waals surface area contributed by atoms with E-state index in [1.807, 2.05) is 12.4 Å². The molecule has 5 nitrogen and oxygen atoms in total. The summed E-state index contributed by atoms with van der Waals surface area (Å²) in [5.41, 5.74) is 6.58. The zero-order valence-corrected chi connectivity index (χ0v) is 9.55. The average molecular weight is 271 g/mol. The van der Waals surface area contributed by atoms with Crippen LogP contribution in [-0.2, 0) is 0 Å². The molecular weight excluding hydrogens is 260 g/mol. The Balaban J connectivity index is 2.38. The summed E-state index contributed by atoms with van der Waals surface area (Å²) in [5, 5.41) is 8.78. The number of halogens is 1. The Labute approximate surface area is 95.1 Å². The van der Waals surface area contributed by atoms with Gasteiger partial charge in [-0.3, -0.25) is 4.40 Å². The zero-order valence-electron chi connectivity index (χ0n) is 7.97. The molecule has 2 heterocycles. The minimum absolute atomic E-state index is 0.0617. The number of hydrogen-bond donors (Lipinski definition) is 2. The second kappa shape index (κ2) is 4.26. The maximum Gasteiger partial charge on any atom is 0.234 e. The topological polar surface area (TPSA) is 76.4 Å². The second-order valence-electron chi connectivity index (χ2n) is 3.26. The molecule has 6 heteroatoms. The molecule has 2 aromatic heterocycles. The third kappa shape index (κ3) is 2.17. The molecule has 0 saturated carbocycles. The van der Waals surface area contributed by atoms with Gasteiger partial charge in [-0.2, -0.15) is 0 Å². The van der Waals surface area contributed by atoms with Crippen molar-refractivity contribution in [1.29, 1.82) is 0 Å². The van der Waals surface area contributed by atoms with E-state index < -0.39 is 0 Å². The van der Waals surface area contributed by atoms with Crippen molar-refractivity contribution in [3.63, 3.8) is 0 Å². The number of hydrogen-bond acceptors (Lipinski definition) is 4. The Morgan fingerprint density at radius 2 is 2.33 bits per heavy atom. The number of nitrogens with two attached hydrogens (primary N) is 1. The first-order valence-corrected chi connectivity index (χ1v) is 5.36. The lowest BCUT2D eigenvalue weighted by Crippen LogP contribution is -2.12. The van der Waals surface area contributed by atoms with Gasteiger partial charge >= 0.3 is 0 Å². The van der Waals surface area contributed by atoms with Gasteiger partial charge in [0.1, 0.15) is 0 Å². The third-order valence-corrected chi connectivity index (χ3v) is 2.53. The number of imidazole rings is 1. The Hall–Kier alpha value is -0.980. The smallest absolute Gasteiger partial charge is 0.234 e. The summed E-state index contributed by atoms with van der Waals surface area (Å²) in [5.74, 6) is 0.613. The highest BCUT2D eigenvalue weighted by Gasteiger charge is 2.10. The number of aliphatic hydroxyl groups excluding tert-OH is 1. The van der Waals surface area contributed by atoms with E-state index in [4.69, 9.17) is 10.8 Å². The Morgan fingerprint density at radius 3 is 3.07 bits per heavy atom. The predicted molar refractivity (Wildman–Crippen MR) is 59.3 cm³/mol. The summed E-state index contributed by atoms with van der Waals surface area (Å²) >= 11 is 3.33. The normalized spacial score (nSPS) is 13.3. The lowest BCUT2D eigenvalue weighted by Gasteiger charge is -2.04. The van der Waals surface area contributed by atoms with Crippen LogP contribution in [0, 0.1) is 0 Å². The molecule has 80 valence electrons. The van der Waals surface area contributed by atoms with Gasteiger partial charge in [0.2, 0.25) is 5.78 Å². The summed E-state index contributed by atoms with van der Waals surface area (Å²) in [6, 6.07) is -0.240. The van der Waals surface area contributed by atoms with Gasteiger partial charge in [-0.25, -0.2) is 9.97 Å². The molecule has 0 fully saturated rings. The van der Waals surface area contributed by atoms with Gasteiger partial charge in [0, 0.05) is 25.2 Å². The van der Waals surface area contributed by atoms with E-state index in [0.717, 1.165) is 10.2 Å². The quantitative estimate of drug-likeness (QED) is 0.868. The van der Waals surface area contributed by atoms with Gasteiger partial charge < -0.3 is 10.8 Å². The fourth-order valence-electron chi connectivity index (χ4n) is 1.34. The van der Waals surface area contributed by atoms with E-state index in [-0.39, 0.29) is 12.6 Å². The van der Waals surface area contributed by atoms with Crippen LogP contribution in [0.15, 0.2) is 23.1 Å². The predicted octanol–water partition coefficient (Wildman–Crippen LogP) is 0.874. The average Bonchev–Trinajstić information content (AvgIpc) is 2.60. The van der Waals surface area contributed by atoms with Gasteiger partial charge in [0.25, 0.3) is 0 Å². The summed E-state index contributed by atoms with van der Waals surface area (Å²) in [7, 11) is 0. The molecule has 1 atom stereocenters. The molecule has 0 radical (unpaired) electrons. The standard InChI is InChI=1S/C9H11BrN4O/c10-6-3-12-9-13-8(5-14(9)4-6)7(11)1-2-15/h3-5,7,15H,1-2,11H2. The zero-order chi connectivity index (χ0) is 10.8. The van der Waals surface area contributed by atoms with E-state index >= 15 is 0 Å². The van der Waals surface area contributed by atoms with Crippen molar-refractivity contribution in [2.45, 2.75) is 12.5 Å². The van der Waals surface area contributed by atoms with Crippen molar-refractivity contribution in [2.75, 3.05) is 6.61 Å². The van der Waals surface area contributed by atoms with Crippen LogP contribution >= 0.6 is 15.9 Å². The van der Waals surface area contributed by atoms with Crippen molar-refractivity contribution < 1.29 is 5.11 Å².